The van der Waals surface area contributed by atoms with Gasteiger partial charge in [-0.2, -0.15) is 0 Å². The maximum atomic E-state index is 5.66. The minimum Gasteiger partial charge on any atom is -0.379 e. The maximum absolute atomic E-state index is 5.66. The SMILES string of the molecule is CCCCN(C)CCOCCN1CCCC1. The van der Waals surface area contributed by atoms with Gasteiger partial charge in [-0.15, -0.1) is 0 Å². The van der Waals surface area contributed by atoms with Gasteiger partial charge in [0.15, 0.2) is 0 Å². The minimum absolute atomic E-state index is 0.883. The van der Waals surface area contributed by atoms with E-state index in [1.807, 2.05) is 0 Å². The Balaban J connectivity index is 1.83. The van der Waals surface area contributed by atoms with Crippen LogP contribution in [0, 0.1) is 0 Å². The molecular weight excluding hydrogens is 200 g/mol. The van der Waals surface area contributed by atoms with Gasteiger partial charge in [0.2, 0.25) is 0 Å². The smallest absolute Gasteiger partial charge is 0.0594 e. The Morgan fingerprint density at radius 1 is 1.12 bits per heavy atom. The first-order valence-electron chi connectivity index (χ1n) is 6.81. The van der Waals surface area contributed by atoms with Crippen LogP contribution in [0.1, 0.15) is 32.6 Å². The standard InChI is InChI=1S/C13H28N2O/c1-3-4-7-14(2)10-12-16-13-11-15-8-5-6-9-15/h3-13H2,1-2H3. The number of likely N-dealkylation sites (N-methyl/N-ethyl adjacent to an activating group) is 1. The lowest BCUT2D eigenvalue weighted by atomic mass is 10.3. The normalized spacial score (nSPS) is 17.4. The topological polar surface area (TPSA) is 15.7 Å². The molecule has 0 atom stereocenters. The first-order valence-corrected chi connectivity index (χ1v) is 6.81. The van der Waals surface area contributed by atoms with Crippen LogP contribution in [0.3, 0.4) is 0 Å². The van der Waals surface area contributed by atoms with Gasteiger partial charge < -0.3 is 14.5 Å². The van der Waals surface area contributed by atoms with Gasteiger partial charge in [0.1, 0.15) is 0 Å². The molecule has 0 unspecified atom stereocenters. The van der Waals surface area contributed by atoms with E-state index in [0.717, 1.165) is 26.3 Å². The van der Waals surface area contributed by atoms with Crippen LogP contribution in [0.25, 0.3) is 0 Å². The van der Waals surface area contributed by atoms with Crippen molar-refractivity contribution in [3.63, 3.8) is 0 Å². The van der Waals surface area contributed by atoms with Crippen molar-refractivity contribution in [1.82, 2.24) is 9.80 Å². The zero-order valence-corrected chi connectivity index (χ0v) is 11.1. The predicted octanol–water partition coefficient (Wildman–Crippen LogP) is 1.83. The third-order valence-corrected chi connectivity index (χ3v) is 3.26. The molecule has 96 valence electrons. The van der Waals surface area contributed by atoms with Crippen LogP contribution in [0.4, 0.5) is 0 Å². The molecule has 1 aliphatic heterocycles. The lowest BCUT2D eigenvalue weighted by Gasteiger charge is -2.17. The predicted molar refractivity (Wildman–Crippen MR) is 68.9 cm³/mol. The van der Waals surface area contributed by atoms with Gasteiger partial charge in [0, 0.05) is 13.1 Å². The Kier molecular flexibility index (Phi) is 7.81. The fourth-order valence-corrected chi connectivity index (χ4v) is 2.06. The van der Waals surface area contributed by atoms with E-state index in [1.54, 1.807) is 0 Å². The highest BCUT2D eigenvalue weighted by molar-refractivity contribution is 4.65. The fourth-order valence-electron chi connectivity index (χ4n) is 2.06. The second-order valence-electron chi connectivity index (χ2n) is 4.82. The molecule has 0 amide bonds. The highest BCUT2D eigenvalue weighted by Gasteiger charge is 2.10. The fraction of sp³-hybridized carbons (Fsp3) is 1.00. The van der Waals surface area contributed by atoms with Crippen LogP contribution in [-0.2, 0) is 4.74 Å². The molecule has 0 N–H and O–H groups in total. The summed E-state index contributed by atoms with van der Waals surface area (Å²) in [7, 11) is 2.18. The number of nitrogens with zero attached hydrogens (tertiary/aromatic N) is 2. The van der Waals surface area contributed by atoms with E-state index < -0.39 is 0 Å². The first-order chi connectivity index (χ1) is 7.83. The molecule has 3 nitrogen and oxygen atoms in total. The third-order valence-electron chi connectivity index (χ3n) is 3.26. The molecule has 1 fully saturated rings. The van der Waals surface area contributed by atoms with Crippen LogP contribution in [0.2, 0.25) is 0 Å². The van der Waals surface area contributed by atoms with Gasteiger partial charge in [-0.3, -0.25) is 0 Å². The quantitative estimate of drug-likeness (QED) is 0.560. The molecule has 0 radical (unpaired) electrons. The van der Waals surface area contributed by atoms with E-state index in [2.05, 4.69) is 23.8 Å². The molecule has 3 heteroatoms. The Hall–Kier alpha value is -0.120. The third kappa shape index (κ3) is 6.46. The van der Waals surface area contributed by atoms with Crippen molar-refractivity contribution in [2.75, 3.05) is 53.0 Å². The van der Waals surface area contributed by atoms with Crippen molar-refractivity contribution in [1.29, 1.82) is 0 Å². The average Bonchev–Trinajstić information content (AvgIpc) is 2.79. The van der Waals surface area contributed by atoms with Crippen molar-refractivity contribution in [3.05, 3.63) is 0 Å². The molecule has 0 spiro atoms. The Bertz CT molecular complexity index is 158. The van der Waals surface area contributed by atoms with Crippen molar-refractivity contribution in [2.24, 2.45) is 0 Å². The molecule has 0 aromatic heterocycles. The van der Waals surface area contributed by atoms with E-state index in [4.69, 9.17) is 4.74 Å². The van der Waals surface area contributed by atoms with Crippen LogP contribution in [0.5, 0.6) is 0 Å². The highest BCUT2D eigenvalue weighted by atomic mass is 16.5. The van der Waals surface area contributed by atoms with Gasteiger partial charge in [-0.1, -0.05) is 13.3 Å². The molecule has 1 aliphatic rings. The molecule has 0 bridgehead atoms. The van der Waals surface area contributed by atoms with Crippen LogP contribution < -0.4 is 0 Å². The second-order valence-corrected chi connectivity index (χ2v) is 4.82. The zero-order valence-electron chi connectivity index (χ0n) is 11.1. The van der Waals surface area contributed by atoms with E-state index in [1.165, 1.54) is 45.3 Å². The summed E-state index contributed by atoms with van der Waals surface area (Å²) in [5, 5.41) is 0. The minimum atomic E-state index is 0.883. The van der Waals surface area contributed by atoms with Crippen molar-refractivity contribution >= 4 is 0 Å². The molecule has 0 aromatic rings. The number of likely N-dealkylation sites (tertiary alicyclic amines) is 1. The molecule has 1 rings (SSSR count). The van der Waals surface area contributed by atoms with Crippen molar-refractivity contribution in [3.8, 4) is 0 Å². The van der Waals surface area contributed by atoms with E-state index in [-0.39, 0.29) is 0 Å². The maximum Gasteiger partial charge on any atom is 0.0594 e. The Morgan fingerprint density at radius 2 is 1.88 bits per heavy atom. The van der Waals surface area contributed by atoms with Gasteiger partial charge >= 0.3 is 0 Å². The number of rotatable bonds is 9. The Labute approximate surface area is 101 Å². The zero-order chi connectivity index (χ0) is 11.6. The summed E-state index contributed by atoms with van der Waals surface area (Å²) in [4.78, 5) is 4.86. The Morgan fingerprint density at radius 3 is 2.56 bits per heavy atom. The van der Waals surface area contributed by atoms with E-state index in [9.17, 15) is 0 Å². The summed E-state index contributed by atoms with van der Waals surface area (Å²) < 4.78 is 5.66. The summed E-state index contributed by atoms with van der Waals surface area (Å²) in [6, 6.07) is 0. The van der Waals surface area contributed by atoms with Crippen LogP contribution >= 0.6 is 0 Å². The van der Waals surface area contributed by atoms with Crippen molar-refractivity contribution < 1.29 is 4.74 Å². The van der Waals surface area contributed by atoms with Gasteiger partial charge in [-0.05, 0) is 45.9 Å². The van der Waals surface area contributed by atoms with Gasteiger partial charge in [0.25, 0.3) is 0 Å². The number of unbranched alkanes of at least 4 members (excludes halogenated alkanes) is 1. The molecule has 0 aliphatic carbocycles. The van der Waals surface area contributed by atoms with Gasteiger partial charge in [-0.25, -0.2) is 0 Å². The molecule has 16 heavy (non-hydrogen) atoms. The number of hydrogen-bond donors (Lipinski definition) is 0. The summed E-state index contributed by atoms with van der Waals surface area (Å²) in [6.07, 6.45) is 5.32. The largest absolute Gasteiger partial charge is 0.379 e. The first kappa shape index (κ1) is 13.9. The molecule has 1 heterocycles. The van der Waals surface area contributed by atoms with Crippen LogP contribution in [0.15, 0.2) is 0 Å². The van der Waals surface area contributed by atoms with Crippen LogP contribution in [-0.4, -0.2) is 62.8 Å². The molecule has 0 saturated carbocycles. The number of hydrogen-bond acceptors (Lipinski definition) is 3. The average molecular weight is 228 g/mol. The van der Waals surface area contributed by atoms with Gasteiger partial charge in [0.05, 0.1) is 13.2 Å². The lowest BCUT2D eigenvalue weighted by Crippen LogP contribution is -2.27. The van der Waals surface area contributed by atoms with E-state index in [0.29, 0.717) is 0 Å². The van der Waals surface area contributed by atoms with E-state index >= 15 is 0 Å². The summed E-state index contributed by atoms with van der Waals surface area (Å²) >= 11 is 0. The monoisotopic (exact) mass is 228 g/mol. The molecular formula is C13H28N2O. The summed E-state index contributed by atoms with van der Waals surface area (Å²) in [6.45, 7) is 9.97. The van der Waals surface area contributed by atoms with Crippen molar-refractivity contribution in [2.45, 2.75) is 32.6 Å². The molecule has 0 aromatic carbocycles. The second kappa shape index (κ2) is 8.97. The highest BCUT2D eigenvalue weighted by Crippen LogP contribution is 2.05. The number of ether oxygens (including phenoxy) is 1. The lowest BCUT2D eigenvalue weighted by molar-refractivity contribution is 0.0936. The summed E-state index contributed by atoms with van der Waals surface area (Å²) in [5.74, 6) is 0. The molecule has 1 saturated heterocycles. The summed E-state index contributed by atoms with van der Waals surface area (Å²) in [5.41, 5.74) is 0.